The average molecular weight is 269 g/mol. The number of azo groups is 1. The quantitative estimate of drug-likeness (QED) is 0.767. The van der Waals surface area contributed by atoms with Crippen LogP contribution >= 0.6 is 0 Å². The summed E-state index contributed by atoms with van der Waals surface area (Å²) in [6, 6.07) is 13.7. The standard InChI is InChI=1S/C16H19N3O/c1-12-5-6-14(11-16(12)20-4)18-17-13-7-9-15(10-8-13)19(2)3/h5-11H,1-4H3. The molecule has 4 heteroatoms. The Hall–Kier alpha value is -2.36. The minimum atomic E-state index is 0.782. The molecule has 4 nitrogen and oxygen atoms in total. The van der Waals surface area contributed by atoms with E-state index >= 15 is 0 Å². The van der Waals surface area contributed by atoms with Crippen molar-refractivity contribution in [2.75, 3.05) is 26.1 Å². The molecular weight excluding hydrogens is 250 g/mol. The topological polar surface area (TPSA) is 37.2 Å². The van der Waals surface area contributed by atoms with E-state index in [1.54, 1.807) is 7.11 Å². The SMILES string of the molecule is COc1cc(N=Nc2ccc(N(C)C)cc2)ccc1C. The smallest absolute Gasteiger partial charge is 0.123 e. The number of hydrogen-bond donors (Lipinski definition) is 0. The molecule has 0 atom stereocenters. The maximum Gasteiger partial charge on any atom is 0.123 e. The highest BCUT2D eigenvalue weighted by atomic mass is 16.5. The Kier molecular flexibility index (Phi) is 4.35. The van der Waals surface area contributed by atoms with E-state index in [1.807, 2.05) is 68.4 Å². The summed E-state index contributed by atoms with van der Waals surface area (Å²) in [7, 11) is 5.67. The summed E-state index contributed by atoms with van der Waals surface area (Å²) in [6.45, 7) is 2.00. The van der Waals surface area contributed by atoms with Crippen LogP contribution in [0.5, 0.6) is 5.75 Å². The van der Waals surface area contributed by atoms with E-state index in [1.165, 1.54) is 0 Å². The number of methoxy groups -OCH3 is 1. The van der Waals surface area contributed by atoms with Crippen LogP contribution in [-0.2, 0) is 0 Å². The Bertz CT molecular complexity index is 604. The predicted octanol–water partition coefficient (Wildman–Crippen LogP) is 4.49. The Balaban J connectivity index is 2.16. The third-order valence-corrected chi connectivity index (χ3v) is 3.04. The summed E-state index contributed by atoms with van der Waals surface area (Å²) in [5, 5.41) is 8.47. The van der Waals surface area contributed by atoms with Gasteiger partial charge in [0.1, 0.15) is 5.75 Å². The van der Waals surface area contributed by atoms with Crippen LogP contribution < -0.4 is 9.64 Å². The van der Waals surface area contributed by atoms with Crippen LogP contribution in [0.1, 0.15) is 5.56 Å². The lowest BCUT2D eigenvalue weighted by atomic mass is 10.2. The number of hydrogen-bond acceptors (Lipinski definition) is 4. The molecule has 104 valence electrons. The predicted molar refractivity (Wildman–Crippen MR) is 82.7 cm³/mol. The molecule has 2 rings (SSSR count). The third kappa shape index (κ3) is 3.35. The van der Waals surface area contributed by atoms with E-state index in [2.05, 4.69) is 10.2 Å². The Morgan fingerprint density at radius 2 is 1.50 bits per heavy atom. The second kappa shape index (κ2) is 6.19. The van der Waals surface area contributed by atoms with Gasteiger partial charge >= 0.3 is 0 Å². The zero-order chi connectivity index (χ0) is 14.5. The van der Waals surface area contributed by atoms with Gasteiger partial charge in [0.05, 0.1) is 18.5 Å². The van der Waals surface area contributed by atoms with Crippen molar-refractivity contribution in [3.8, 4) is 5.75 Å². The Labute approximate surface area is 119 Å². The molecule has 0 amide bonds. The summed E-state index contributed by atoms with van der Waals surface area (Å²) in [6.07, 6.45) is 0. The zero-order valence-electron chi connectivity index (χ0n) is 12.3. The van der Waals surface area contributed by atoms with E-state index in [0.717, 1.165) is 28.4 Å². The molecule has 0 spiro atoms. The van der Waals surface area contributed by atoms with Crippen LogP contribution in [0.15, 0.2) is 52.7 Å². The second-order valence-electron chi connectivity index (χ2n) is 4.76. The highest BCUT2D eigenvalue weighted by molar-refractivity contribution is 5.52. The summed E-state index contributed by atoms with van der Waals surface area (Å²) >= 11 is 0. The molecule has 0 saturated carbocycles. The van der Waals surface area contributed by atoms with Gasteiger partial charge in [-0.3, -0.25) is 0 Å². The molecule has 2 aromatic rings. The molecule has 2 aromatic carbocycles. The van der Waals surface area contributed by atoms with Gasteiger partial charge < -0.3 is 9.64 Å². The van der Waals surface area contributed by atoms with Crippen molar-refractivity contribution < 1.29 is 4.74 Å². The molecule has 0 bridgehead atoms. The number of rotatable bonds is 4. The molecule has 0 N–H and O–H groups in total. The van der Waals surface area contributed by atoms with Crippen molar-refractivity contribution in [3.63, 3.8) is 0 Å². The lowest BCUT2D eigenvalue weighted by molar-refractivity contribution is 0.412. The summed E-state index contributed by atoms with van der Waals surface area (Å²) in [4.78, 5) is 2.05. The highest BCUT2D eigenvalue weighted by Gasteiger charge is 1.99. The largest absolute Gasteiger partial charge is 0.496 e. The number of benzene rings is 2. The maximum atomic E-state index is 5.27. The molecule has 0 aromatic heterocycles. The normalized spacial score (nSPS) is 10.8. The summed E-state index contributed by atoms with van der Waals surface area (Å²) in [5.74, 6) is 0.824. The van der Waals surface area contributed by atoms with Crippen molar-refractivity contribution >= 4 is 17.1 Å². The number of nitrogens with zero attached hydrogens (tertiary/aromatic N) is 3. The van der Waals surface area contributed by atoms with Crippen LogP contribution in [0.3, 0.4) is 0 Å². The fourth-order valence-electron chi connectivity index (χ4n) is 1.80. The van der Waals surface area contributed by atoms with Crippen molar-refractivity contribution in [1.29, 1.82) is 0 Å². The van der Waals surface area contributed by atoms with Gasteiger partial charge in [-0.25, -0.2) is 0 Å². The van der Waals surface area contributed by atoms with Crippen LogP contribution in [0.25, 0.3) is 0 Å². The van der Waals surface area contributed by atoms with Gasteiger partial charge in [-0.2, -0.15) is 10.2 Å². The lowest BCUT2D eigenvalue weighted by Gasteiger charge is -2.11. The first kappa shape index (κ1) is 14.1. The van der Waals surface area contributed by atoms with Crippen LogP contribution in [-0.4, -0.2) is 21.2 Å². The lowest BCUT2D eigenvalue weighted by Crippen LogP contribution is -2.07. The molecule has 0 aliphatic heterocycles. The number of ether oxygens (including phenoxy) is 1. The van der Waals surface area contributed by atoms with Gasteiger partial charge in [0, 0.05) is 25.8 Å². The third-order valence-electron chi connectivity index (χ3n) is 3.04. The molecule has 0 fully saturated rings. The minimum absolute atomic E-state index is 0.782. The van der Waals surface area contributed by atoms with Crippen LogP contribution in [0, 0.1) is 6.92 Å². The second-order valence-corrected chi connectivity index (χ2v) is 4.76. The van der Waals surface area contributed by atoms with Crippen molar-refractivity contribution in [2.45, 2.75) is 6.92 Å². The van der Waals surface area contributed by atoms with Gasteiger partial charge in [0.2, 0.25) is 0 Å². The van der Waals surface area contributed by atoms with Crippen molar-refractivity contribution in [2.24, 2.45) is 10.2 Å². The van der Waals surface area contributed by atoms with E-state index < -0.39 is 0 Å². The van der Waals surface area contributed by atoms with Crippen LogP contribution in [0.2, 0.25) is 0 Å². The van der Waals surface area contributed by atoms with Gasteiger partial charge in [-0.15, -0.1) is 0 Å². The molecule has 0 saturated heterocycles. The highest BCUT2D eigenvalue weighted by Crippen LogP contribution is 2.26. The zero-order valence-corrected chi connectivity index (χ0v) is 12.3. The Morgan fingerprint density at radius 1 is 0.900 bits per heavy atom. The van der Waals surface area contributed by atoms with E-state index in [9.17, 15) is 0 Å². The first-order valence-electron chi connectivity index (χ1n) is 6.44. The fourth-order valence-corrected chi connectivity index (χ4v) is 1.80. The average Bonchev–Trinajstić information content (AvgIpc) is 2.46. The van der Waals surface area contributed by atoms with Crippen LogP contribution in [0.4, 0.5) is 17.1 Å². The first-order valence-corrected chi connectivity index (χ1v) is 6.44. The molecule has 0 aliphatic carbocycles. The summed E-state index contributed by atoms with van der Waals surface area (Å²) < 4.78 is 5.27. The molecule has 20 heavy (non-hydrogen) atoms. The van der Waals surface area contributed by atoms with Gasteiger partial charge in [-0.05, 0) is 42.8 Å². The van der Waals surface area contributed by atoms with E-state index in [-0.39, 0.29) is 0 Å². The fraction of sp³-hybridized carbons (Fsp3) is 0.250. The number of anilines is 1. The first-order chi connectivity index (χ1) is 9.60. The Morgan fingerprint density at radius 3 is 2.10 bits per heavy atom. The number of aryl methyl sites for hydroxylation is 1. The van der Waals surface area contributed by atoms with Crippen molar-refractivity contribution in [3.05, 3.63) is 48.0 Å². The summed E-state index contributed by atoms with van der Waals surface area (Å²) in [5.41, 5.74) is 3.84. The molecule has 0 unspecified atom stereocenters. The van der Waals surface area contributed by atoms with Crippen molar-refractivity contribution in [1.82, 2.24) is 0 Å². The van der Waals surface area contributed by atoms with Gasteiger partial charge in [0.25, 0.3) is 0 Å². The monoisotopic (exact) mass is 269 g/mol. The molecule has 0 aliphatic rings. The molecular formula is C16H19N3O. The maximum absolute atomic E-state index is 5.27. The molecule has 0 heterocycles. The van der Waals surface area contributed by atoms with E-state index in [0.29, 0.717) is 0 Å². The van der Waals surface area contributed by atoms with Gasteiger partial charge in [-0.1, -0.05) is 6.07 Å². The van der Waals surface area contributed by atoms with E-state index in [4.69, 9.17) is 4.74 Å². The minimum Gasteiger partial charge on any atom is -0.496 e. The van der Waals surface area contributed by atoms with Gasteiger partial charge in [0.15, 0.2) is 0 Å². The molecule has 0 radical (unpaired) electrons.